The molecule has 0 aliphatic heterocycles. The zero-order valence-corrected chi connectivity index (χ0v) is 13.1. The molecular formula is C17H15FN2OS. The molecular weight excluding hydrogens is 299 g/mol. The maximum absolute atomic E-state index is 14.1. The van der Waals surface area contributed by atoms with Gasteiger partial charge in [-0.05, 0) is 24.3 Å². The molecule has 0 spiro atoms. The molecule has 1 aromatic heterocycles. The minimum Gasteiger partial charge on any atom is -0.360 e. The quantitative estimate of drug-likeness (QED) is 0.788. The van der Waals surface area contributed by atoms with Gasteiger partial charge in [-0.25, -0.2) is 4.39 Å². The Kier molecular flexibility index (Phi) is 3.90. The number of benzene rings is 2. The highest BCUT2D eigenvalue weighted by molar-refractivity contribution is 7.99. The van der Waals surface area contributed by atoms with Crippen LogP contribution in [0.2, 0.25) is 0 Å². The number of amides is 1. The smallest absolute Gasteiger partial charge is 0.254 e. The maximum Gasteiger partial charge on any atom is 0.254 e. The molecule has 0 unspecified atom stereocenters. The summed E-state index contributed by atoms with van der Waals surface area (Å²) < 4.78 is 14.1. The van der Waals surface area contributed by atoms with Crippen molar-refractivity contribution in [3.8, 4) is 0 Å². The molecule has 5 heteroatoms. The number of aromatic amines is 1. The fourth-order valence-corrected chi connectivity index (χ4v) is 3.36. The molecule has 0 atom stereocenters. The van der Waals surface area contributed by atoms with Crippen LogP contribution < -0.4 is 0 Å². The second-order valence-electron chi connectivity index (χ2n) is 5.11. The number of hydrogen-bond donors (Lipinski definition) is 1. The van der Waals surface area contributed by atoms with Crippen LogP contribution in [0, 0.1) is 5.82 Å². The van der Waals surface area contributed by atoms with E-state index in [0.29, 0.717) is 10.9 Å². The first-order chi connectivity index (χ1) is 10.6. The van der Waals surface area contributed by atoms with Crippen LogP contribution in [0.4, 0.5) is 4.39 Å². The molecule has 1 N–H and O–H groups in total. The van der Waals surface area contributed by atoms with Gasteiger partial charge in [-0.1, -0.05) is 30.0 Å². The summed E-state index contributed by atoms with van der Waals surface area (Å²) in [6, 6.07) is 12.3. The number of nitrogens with zero attached hydrogens (tertiary/aromatic N) is 1. The molecule has 2 aromatic carbocycles. The van der Waals surface area contributed by atoms with E-state index >= 15 is 0 Å². The Bertz CT molecular complexity index is 842. The molecule has 0 aliphatic rings. The summed E-state index contributed by atoms with van der Waals surface area (Å²) in [5.41, 5.74) is 1.36. The van der Waals surface area contributed by atoms with Crippen LogP contribution in [0.3, 0.4) is 0 Å². The van der Waals surface area contributed by atoms with Crippen LogP contribution in [-0.4, -0.2) is 29.9 Å². The van der Waals surface area contributed by atoms with E-state index in [2.05, 4.69) is 4.98 Å². The zero-order chi connectivity index (χ0) is 15.7. The highest BCUT2D eigenvalue weighted by Crippen LogP contribution is 2.36. The highest BCUT2D eigenvalue weighted by atomic mass is 32.2. The Balaban J connectivity index is 2.05. The average molecular weight is 314 g/mol. The monoisotopic (exact) mass is 314 g/mol. The predicted molar refractivity (Wildman–Crippen MR) is 86.8 cm³/mol. The summed E-state index contributed by atoms with van der Waals surface area (Å²) in [7, 11) is 3.43. The number of carbonyl (C=O) groups excluding carboxylic acids is 1. The van der Waals surface area contributed by atoms with Crippen LogP contribution in [0.5, 0.6) is 0 Å². The number of H-pyrrole nitrogens is 1. The summed E-state index contributed by atoms with van der Waals surface area (Å²) in [5.74, 6) is -0.332. The van der Waals surface area contributed by atoms with Crippen molar-refractivity contribution in [2.45, 2.75) is 9.79 Å². The van der Waals surface area contributed by atoms with Gasteiger partial charge in [0.2, 0.25) is 0 Å². The van der Waals surface area contributed by atoms with Crippen LogP contribution in [-0.2, 0) is 0 Å². The highest BCUT2D eigenvalue weighted by Gasteiger charge is 2.16. The van der Waals surface area contributed by atoms with Crippen LogP contribution >= 0.6 is 11.8 Å². The van der Waals surface area contributed by atoms with Gasteiger partial charge in [0, 0.05) is 41.0 Å². The Morgan fingerprint density at radius 3 is 2.64 bits per heavy atom. The number of halogens is 1. The largest absolute Gasteiger partial charge is 0.360 e. The minimum atomic E-state index is -0.266. The summed E-state index contributed by atoms with van der Waals surface area (Å²) in [4.78, 5) is 18.4. The number of nitrogens with one attached hydrogen (secondary N) is 1. The van der Waals surface area contributed by atoms with Crippen LogP contribution in [0.25, 0.3) is 10.9 Å². The van der Waals surface area contributed by atoms with Gasteiger partial charge in [0.1, 0.15) is 5.82 Å². The number of carbonyl (C=O) groups is 1. The molecule has 1 amide bonds. The first-order valence-electron chi connectivity index (χ1n) is 6.82. The van der Waals surface area contributed by atoms with E-state index in [1.165, 1.54) is 22.7 Å². The Morgan fingerprint density at radius 2 is 1.86 bits per heavy atom. The second-order valence-corrected chi connectivity index (χ2v) is 6.20. The van der Waals surface area contributed by atoms with E-state index in [-0.39, 0.29) is 11.7 Å². The number of rotatable bonds is 3. The zero-order valence-electron chi connectivity index (χ0n) is 12.3. The van der Waals surface area contributed by atoms with Gasteiger partial charge in [-0.15, -0.1) is 0 Å². The molecule has 3 rings (SSSR count). The van der Waals surface area contributed by atoms with Crippen molar-refractivity contribution in [1.82, 2.24) is 9.88 Å². The van der Waals surface area contributed by atoms with E-state index in [1.54, 1.807) is 32.4 Å². The molecule has 0 radical (unpaired) electrons. The molecule has 3 aromatic rings. The Labute approximate surface area is 132 Å². The third-order valence-corrected chi connectivity index (χ3v) is 4.48. The van der Waals surface area contributed by atoms with Crippen LogP contribution in [0.1, 0.15) is 10.4 Å². The van der Waals surface area contributed by atoms with Crippen molar-refractivity contribution in [1.29, 1.82) is 0 Å². The van der Waals surface area contributed by atoms with Gasteiger partial charge in [0.25, 0.3) is 5.91 Å². The van der Waals surface area contributed by atoms with Crippen LogP contribution in [0.15, 0.2) is 58.5 Å². The number of aromatic nitrogens is 1. The number of hydrogen-bond acceptors (Lipinski definition) is 2. The topological polar surface area (TPSA) is 36.1 Å². The van der Waals surface area contributed by atoms with Crippen molar-refractivity contribution in [3.63, 3.8) is 0 Å². The van der Waals surface area contributed by atoms with E-state index in [1.807, 2.05) is 24.3 Å². The lowest BCUT2D eigenvalue weighted by molar-refractivity contribution is 0.0824. The predicted octanol–water partition coefficient (Wildman–Crippen LogP) is 4.16. The van der Waals surface area contributed by atoms with E-state index in [4.69, 9.17) is 0 Å². The lowest BCUT2D eigenvalue weighted by Crippen LogP contribution is -2.22. The van der Waals surface area contributed by atoms with Crippen molar-refractivity contribution in [2.75, 3.05) is 14.1 Å². The summed E-state index contributed by atoms with van der Waals surface area (Å²) in [6.07, 6.45) is 1.77. The fraction of sp³-hybridized carbons (Fsp3) is 0.118. The minimum absolute atomic E-state index is 0.0663. The van der Waals surface area contributed by atoms with Crippen molar-refractivity contribution >= 4 is 28.6 Å². The van der Waals surface area contributed by atoms with Crippen molar-refractivity contribution < 1.29 is 9.18 Å². The Morgan fingerprint density at radius 1 is 1.09 bits per heavy atom. The molecule has 0 aliphatic carbocycles. The van der Waals surface area contributed by atoms with Gasteiger partial charge in [-0.3, -0.25) is 4.79 Å². The Hall–Kier alpha value is -2.27. The molecule has 22 heavy (non-hydrogen) atoms. The van der Waals surface area contributed by atoms with Crippen molar-refractivity contribution in [2.24, 2.45) is 0 Å². The first kappa shape index (κ1) is 14.7. The maximum atomic E-state index is 14.1. The number of fused-ring (bicyclic) bond motifs is 1. The summed E-state index contributed by atoms with van der Waals surface area (Å²) >= 11 is 1.39. The molecule has 0 saturated carbocycles. The van der Waals surface area contributed by atoms with Crippen molar-refractivity contribution in [3.05, 3.63) is 60.0 Å². The molecule has 0 fully saturated rings. The lowest BCUT2D eigenvalue weighted by atomic mass is 10.2. The molecule has 3 nitrogen and oxygen atoms in total. The molecule has 0 saturated heterocycles. The first-order valence-corrected chi connectivity index (χ1v) is 7.63. The average Bonchev–Trinajstić information content (AvgIpc) is 2.91. The van der Waals surface area contributed by atoms with Gasteiger partial charge in [0.05, 0.1) is 5.56 Å². The molecule has 112 valence electrons. The summed E-state index contributed by atoms with van der Waals surface area (Å²) in [5, 5.41) is 0.555. The standard InChI is InChI=1S/C17H15FN2OS/c1-20(2)17(21)11-6-3-4-9-14(11)22-15-10-19-13-8-5-7-12(18)16(13)15/h3-10,19H,1-2H3. The normalized spacial score (nSPS) is 10.9. The van der Waals surface area contributed by atoms with Gasteiger partial charge in [-0.2, -0.15) is 0 Å². The van der Waals surface area contributed by atoms with Gasteiger partial charge in [0.15, 0.2) is 0 Å². The lowest BCUT2D eigenvalue weighted by Gasteiger charge is -2.13. The SMILES string of the molecule is CN(C)C(=O)c1ccccc1Sc1c[nH]c2cccc(F)c12. The van der Waals surface area contributed by atoms with E-state index < -0.39 is 0 Å². The fourth-order valence-electron chi connectivity index (χ4n) is 2.28. The van der Waals surface area contributed by atoms with Gasteiger partial charge < -0.3 is 9.88 Å². The van der Waals surface area contributed by atoms with E-state index in [0.717, 1.165) is 15.3 Å². The molecule has 0 bridgehead atoms. The summed E-state index contributed by atoms with van der Waals surface area (Å²) in [6.45, 7) is 0. The third kappa shape index (κ3) is 2.60. The third-order valence-electron chi connectivity index (χ3n) is 3.36. The van der Waals surface area contributed by atoms with Gasteiger partial charge >= 0.3 is 0 Å². The molecule has 1 heterocycles. The van der Waals surface area contributed by atoms with E-state index in [9.17, 15) is 9.18 Å². The second kappa shape index (κ2) is 5.85.